The molecular formula is C18H33N3O. The summed E-state index contributed by atoms with van der Waals surface area (Å²) in [6, 6.07) is 0. The second-order valence-corrected chi connectivity index (χ2v) is 8.40. The van der Waals surface area contributed by atoms with E-state index < -0.39 is 0 Å². The molecule has 126 valence electrons. The van der Waals surface area contributed by atoms with Crippen LogP contribution in [0.1, 0.15) is 39.5 Å². The molecule has 0 saturated carbocycles. The number of nitrogens with zero attached hydrogens (tertiary/aromatic N) is 3. The van der Waals surface area contributed by atoms with Crippen molar-refractivity contribution in [1.29, 1.82) is 0 Å². The highest BCUT2D eigenvalue weighted by atomic mass is 16.2. The summed E-state index contributed by atoms with van der Waals surface area (Å²) < 4.78 is 0. The summed E-state index contributed by atoms with van der Waals surface area (Å²) in [5, 5.41) is 0. The number of carbonyl (C=O) groups is 1. The minimum absolute atomic E-state index is 0.155. The molecule has 3 heterocycles. The summed E-state index contributed by atoms with van der Waals surface area (Å²) >= 11 is 0. The van der Waals surface area contributed by atoms with E-state index in [-0.39, 0.29) is 5.92 Å². The van der Waals surface area contributed by atoms with Gasteiger partial charge in [0.25, 0.3) is 0 Å². The van der Waals surface area contributed by atoms with Crippen molar-refractivity contribution in [2.75, 3.05) is 52.9 Å². The minimum atomic E-state index is 0.155. The normalized spacial score (nSPS) is 27.4. The van der Waals surface area contributed by atoms with Gasteiger partial charge >= 0.3 is 0 Å². The lowest BCUT2D eigenvalue weighted by atomic mass is 9.71. The van der Waals surface area contributed by atoms with Crippen molar-refractivity contribution in [2.45, 2.75) is 39.5 Å². The number of hydrogen-bond donors (Lipinski definition) is 0. The van der Waals surface area contributed by atoms with E-state index in [1.807, 2.05) is 13.8 Å². The van der Waals surface area contributed by atoms with Gasteiger partial charge in [-0.25, -0.2) is 0 Å². The Labute approximate surface area is 135 Å². The van der Waals surface area contributed by atoms with Crippen LogP contribution in [0.25, 0.3) is 0 Å². The van der Waals surface area contributed by atoms with Gasteiger partial charge in [-0.3, -0.25) is 4.79 Å². The van der Waals surface area contributed by atoms with E-state index in [0.29, 0.717) is 11.3 Å². The van der Waals surface area contributed by atoms with Crippen molar-refractivity contribution >= 4 is 5.91 Å². The number of hydrogen-bond acceptors (Lipinski definition) is 3. The standard InChI is InChI=1S/C18H33N3O/c1-15(2)17(22)21-13-18(14-21)6-10-20(11-7-18)12-16-4-8-19(3)9-5-16/h15-16H,4-14H2,1-3H3. The van der Waals surface area contributed by atoms with Gasteiger partial charge in [0.1, 0.15) is 0 Å². The zero-order valence-electron chi connectivity index (χ0n) is 14.7. The lowest BCUT2D eigenvalue weighted by Gasteiger charge is -2.54. The SMILES string of the molecule is CC(C)C(=O)N1CC2(CCN(CC3CCN(C)CC3)CC2)C1. The molecule has 0 aliphatic carbocycles. The van der Waals surface area contributed by atoms with E-state index in [9.17, 15) is 4.79 Å². The predicted octanol–water partition coefficient (Wildman–Crippen LogP) is 1.91. The van der Waals surface area contributed by atoms with Crippen molar-refractivity contribution in [2.24, 2.45) is 17.3 Å². The maximum absolute atomic E-state index is 12.0. The fourth-order valence-electron chi connectivity index (χ4n) is 4.42. The number of piperidine rings is 2. The third-order valence-electron chi connectivity index (χ3n) is 6.13. The van der Waals surface area contributed by atoms with Gasteiger partial charge in [0.05, 0.1) is 0 Å². The van der Waals surface area contributed by atoms with Gasteiger partial charge in [0, 0.05) is 31.0 Å². The average Bonchev–Trinajstić information content (AvgIpc) is 2.47. The van der Waals surface area contributed by atoms with Crippen LogP contribution in [0, 0.1) is 17.3 Å². The highest BCUT2D eigenvalue weighted by Gasteiger charge is 2.46. The molecule has 0 radical (unpaired) electrons. The summed E-state index contributed by atoms with van der Waals surface area (Å²) in [5.74, 6) is 1.41. The number of likely N-dealkylation sites (tertiary alicyclic amines) is 3. The molecule has 0 bridgehead atoms. The molecule has 22 heavy (non-hydrogen) atoms. The molecule has 3 aliphatic heterocycles. The van der Waals surface area contributed by atoms with E-state index >= 15 is 0 Å². The molecule has 4 nitrogen and oxygen atoms in total. The van der Waals surface area contributed by atoms with Gasteiger partial charge in [0.2, 0.25) is 5.91 Å². The number of carbonyl (C=O) groups excluding carboxylic acids is 1. The van der Waals surface area contributed by atoms with Crippen LogP contribution in [0.2, 0.25) is 0 Å². The van der Waals surface area contributed by atoms with Crippen LogP contribution in [0.15, 0.2) is 0 Å². The Morgan fingerprint density at radius 3 is 2.23 bits per heavy atom. The second-order valence-electron chi connectivity index (χ2n) is 8.40. The summed E-state index contributed by atoms with van der Waals surface area (Å²) in [4.78, 5) is 19.2. The molecule has 4 heteroatoms. The summed E-state index contributed by atoms with van der Waals surface area (Å²) in [6.45, 7) is 12.4. The third-order valence-corrected chi connectivity index (χ3v) is 6.13. The Hall–Kier alpha value is -0.610. The van der Waals surface area contributed by atoms with Crippen molar-refractivity contribution in [3.05, 3.63) is 0 Å². The van der Waals surface area contributed by atoms with Crippen molar-refractivity contribution < 1.29 is 4.79 Å². The summed E-state index contributed by atoms with van der Waals surface area (Å²) in [6.07, 6.45) is 5.33. The van der Waals surface area contributed by atoms with Gasteiger partial charge < -0.3 is 14.7 Å². The van der Waals surface area contributed by atoms with Gasteiger partial charge in [-0.2, -0.15) is 0 Å². The second kappa shape index (κ2) is 6.48. The molecule has 0 N–H and O–H groups in total. The van der Waals surface area contributed by atoms with Gasteiger partial charge in [-0.15, -0.1) is 0 Å². The first kappa shape index (κ1) is 16.3. The predicted molar refractivity (Wildman–Crippen MR) is 89.7 cm³/mol. The average molecular weight is 307 g/mol. The Balaban J connectivity index is 1.39. The fraction of sp³-hybridized carbons (Fsp3) is 0.944. The summed E-state index contributed by atoms with van der Waals surface area (Å²) in [7, 11) is 2.24. The van der Waals surface area contributed by atoms with Crippen molar-refractivity contribution in [3.8, 4) is 0 Å². The maximum Gasteiger partial charge on any atom is 0.225 e. The molecule has 1 amide bonds. The molecular weight excluding hydrogens is 274 g/mol. The highest BCUT2D eigenvalue weighted by molar-refractivity contribution is 5.79. The molecule has 0 aromatic heterocycles. The monoisotopic (exact) mass is 307 g/mol. The van der Waals surface area contributed by atoms with E-state index in [1.54, 1.807) is 0 Å². The highest BCUT2D eigenvalue weighted by Crippen LogP contribution is 2.41. The Morgan fingerprint density at radius 2 is 1.68 bits per heavy atom. The smallest absolute Gasteiger partial charge is 0.225 e. The zero-order chi connectivity index (χ0) is 15.7. The Kier molecular flexibility index (Phi) is 4.79. The molecule has 1 spiro atoms. The number of amides is 1. The number of rotatable bonds is 3. The van der Waals surface area contributed by atoms with Gasteiger partial charge in [0.15, 0.2) is 0 Å². The van der Waals surface area contributed by atoms with Gasteiger partial charge in [-0.05, 0) is 64.8 Å². The molecule has 0 aromatic rings. The van der Waals surface area contributed by atoms with E-state index in [2.05, 4.69) is 21.7 Å². The van der Waals surface area contributed by atoms with Crippen LogP contribution < -0.4 is 0 Å². The zero-order valence-corrected chi connectivity index (χ0v) is 14.7. The molecule has 0 atom stereocenters. The topological polar surface area (TPSA) is 26.8 Å². The minimum Gasteiger partial charge on any atom is -0.341 e. The van der Waals surface area contributed by atoms with E-state index in [0.717, 1.165) is 19.0 Å². The van der Waals surface area contributed by atoms with E-state index in [1.165, 1.54) is 58.4 Å². The van der Waals surface area contributed by atoms with Crippen LogP contribution in [0.3, 0.4) is 0 Å². The molecule has 3 fully saturated rings. The van der Waals surface area contributed by atoms with Crippen LogP contribution >= 0.6 is 0 Å². The van der Waals surface area contributed by atoms with E-state index in [4.69, 9.17) is 0 Å². The Bertz CT molecular complexity index is 385. The fourth-order valence-corrected chi connectivity index (χ4v) is 4.42. The summed E-state index contributed by atoms with van der Waals surface area (Å²) in [5.41, 5.74) is 0.466. The first-order valence-corrected chi connectivity index (χ1v) is 9.17. The maximum atomic E-state index is 12.0. The quantitative estimate of drug-likeness (QED) is 0.797. The van der Waals surface area contributed by atoms with Gasteiger partial charge in [-0.1, -0.05) is 13.8 Å². The molecule has 0 aromatic carbocycles. The van der Waals surface area contributed by atoms with Crippen LogP contribution in [0.5, 0.6) is 0 Å². The van der Waals surface area contributed by atoms with Crippen LogP contribution in [-0.2, 0) is 4.79 Å². The van der Waals surface area contributed by atoms with Crippen molar-refractivity contribution in [3.63, 3.8) is 0 Å². The van der Waals surface area contributed by atoms with Crippen molar-refractivity contribution in [1.82, 2.24) is 14.7 Å². The molecule has 0 unspecified atom stereocenters. The first-order chi connectivity index (χ1) is 10.5. The molecule has 3 rings (SSSR count). The molecule has 3 saturated heterocycles. The third kappa shape index (κ3) is 3.48. The largest absolute Gasteiger partial charge is 0.341 e. The van der Waals surface area contributed by atoms with Crippen LogP contribution in [0.4, 0.5) is 0 Å². The lowest BCUT2D eigenvalue weighted by Crippen LogP contribution is -2.62. The first-order valence-electron chi connectivity index (χ1n) is 9.17. The van der Waals surface area contributed by atoms with Crippen LogP contribution in [-0.4, -0.2) is 73.5 Å². The molecule has 3 aliphatic rings. The lowest BCUT2D eigenvalue weighted by molar-refractivity contribution is -0.150. The Morgan fingerprint density at radius 1 is 1.09 bits per heavy atom.